The first-order chi connectivity index (χ1) is 9.25. The van der Waals surface area contributed by atoms with Crippen LogP contribution in [0.5, 0.6) is 0 Å². The molecule has 0 radical (unpaired) electrons. The standard InChI is InChI=1S/C14H21N5/c1-10-8-11-12(15)4-2-5-13(11)19(10)7-3-6-14-16-9-17-18-14/h8-9,12H,2-7,15H2,1H3,(H,16,17,18). The first-order valence-electron chi connectivity index (χ1n) is 7.04. The second-order valence-electron chi connectivity index (χ2n) is 5.37. The summed E-state index contributed by atoms with van der Waals surface area (Å²) in [7, 11) is 0. The third kappa shape index (κ3) is 2.42. The Kier molecular flexibility index (Phi) is 3.38. The maximum Gasteiger partial charge on any atom is 0.137 e. The molecule has 2 aromatic heterocycles. The lowest BCUT2D eigenvalue weighted by Crippen LogP contribution is -2.18. The molecule has 2 heterocycles. The zero-order chi connectivity index (χ0) is 13.2. The van der Waals surface area contributed by atoms with E-state index in [4.69, 9.17) is 5.73 Å². The molecule has 102 valence electrons. The molecule has 0 bridgehead atoms. The lowest BCUT2D eigenvalue weighted by Gasteiger charge is -2.21. The molecule has 0 fully saturated rings. The predicted molar refractivity (Wildman–Crippen MR) is 73.7 cm³/mol. The predicted octanol–water partition coefficient (Wildman–Crippen LogP) is 1.88. The Morgan fingerprint density at radius 1 is 1.53 bits per heavy atom. The minimum atomic E-state index is 0.234. The lowest BCUT2D eigenvalue weighted by atomic mass is 9.93. The summed E-state index contributed by atoms with van der Waals surface area (Å²) in [5, 5.41) is 6.79. The monoisotopic (exact) mass is 259 g/mol. The highest BCUT2D eigenvalue weighted by molar-refractivity contribution is 5.32. The molecule has 5 heteroatoms. The molecule has 5 nitrogen and oxygen atoms in total. The maximum atomic E-state index is 6.20. The van der Waals surface area contributed by atoms with Crippen LogP contribution in [0.15, 0.2) is 12.4 Å². The number of rotatable bonds is 4. The van der Waals surface area contributed by atoms with E-state index in [1.54, 1.807) is 6.33 Å². The van der Waals surface area contributed by atoms with Crippen LogP contribution in [0, 0.1) is 6.92 Å². The molecule has 19 heavy (non-hydrogen) atoms. The van der Waals surface area contributed by atoms with Crippen LogP contribution in [-0.2, 0) is 19.4 Å². The number of nitrogens with zero attached hydrogens (tertiary/aromatic N) is 3. The van der Waals surface area contributed by atoms with Gasteiger partial charge in [0.15, 0.2) is 0 Å². The van der Waals surface area contributed by atoms with E-state index in [-0.39, 0.29) is 6.04 Å². The number of aryl methyl sites for hydroxylation is 2. The summed E-state index contributed by atoms with van der Waals surface area (Å²) in [6.07, 6.45) is 7.08. The minimum absolute atomic E-state index is 0.234. The Morgan fingerprint density at radius 2 is 2.42 bits per heavy atom. The molecule has 0 amide bonds. The van der Waals surface area contributed by atoms with Crippen LogP contribution in [0.3, 0.4) is 0 Å². The summed E-state index contributed by atoms with van der Waals surface area (Å²) in [6.45, 7) is 3.22. The fraction of sp³-hybridized carbons (Fsp3) is 0.571. The SMILES string of the molecule is Cc1cc2c(n1CCCc1ncn[nH]1)CCCC2N. The number of aromatic amines is 1. The van der Waals surface area contributed by atoms with Crippen molar-refractivity contribution in [3.63, 3.8) is 0 Å². The quantitative estimate of drug-likeness (QED) is 0.880. The van der Waals surface area contributed by atoms with Gasteiger partial charge in [-0.2, -0.15) is 5.10 Å². The van der Waals surface area contributed by atoms with Crippen molar-refractivity contribution in [2.45, 2.75) is 51.6 Å². The summed E-state index contributed by atoms with van der Waals surface area (Å²) in [6, 6.07) is 2.51. The van der Waals surface area contributed by atoms with Crippen LogP contribution >= 0.6 is 0 Å². The molecule has 1 atom stereocenters. The summed E-state index contributed by atoms with van der Waals surface area (Å²) >= 11 is 0. The number of hydrogen-bond donors (Lipinski definition) is 2. The third-order valence-electron chi connectivity index (χ3n) is 4.04. The highest BCUT2D eigenvalue weighted by Gasteiger charge is 2.21. The Morgan fingerprint density at radius 3 is 3.21 bits per heavy atom. The molecule has 3 rings (SSSR count). The zero-order valence-corrected chi connectivity index (χ0v) is 11.4. The van der Waals surface area contributed by atoms with Gasteiger partial charge in [-0.3, -0.25) is 5.10 Å². The minimum Gasteiger partial charge on any atom is -0.349 e. The Balaban J connectivity index is 1.70. The summed E-state index contributed by atoms with van der Waals surface area (Å²) in [5.74, 6) is 0.968. The first-order valence-corrected chi connectivity index (χ1v) is 7.04. The van der Waals surface area contributed by atoms with E-state index in [9.17, 15) is 0 Å². The van der Waals surface area contributed by atoms with Gasteiger partial charge in [-0.15, -0.1) is 0 Å². The van der Waals surface area contributed by atoms with Crippen molar-refractivity contribution in [3.8, 4) is 0 Å². The molecule has 1 aliphatic rings. The van der Waals surface area contributed by atoms with Gasteiger partial charge in [0.1, 0.15) is 12.2 Å². The number of H-pyrrole nitrogens is 1. The van der Waals surface area contributed by atoms with Gasteiger partial charge in [-0.05, 0) is 44.2 Å². The largest absolute Gasteiger partial charge is 0.349 e. The molecule has 0 saturated carbocycles. The van der Waals surface area contributed by atoms with Gasteiger partial charge in [0, 0.05) is 30.4 Å². The van der Waals surface area contributed by atoms with Gasteiger partial charge in [-0.1, -0.05) is 0 Å². The van der Waals surface area contributed by atoms with Crippen molar-refractivity contribution in [3.05, 3.63) is 35.2 Å². The fourth-order valence-corrected chi connectivity index (χ4v) is 3.07. The lowest BCUT2D eigenvalue weighted by molar-refractivity contribution is 0.526. The molecule has 0 aromatic carbocycles. The molecule has 0 aliphatic heterocycles. The van der Waals surface area contributed by atoms with Crippen LogP contribution < -0.4 is 5.73 Å². The van der Waals surface area contributed by atoms with Gasteiger partial charge in [-0.25, -0.2) is 4.98 Å². The third-order valence-corrected chi connectivity index (χ3v) is 4.04. The maximum absolute atomic E-state index is 6.20. The summed E-state index contributed by atoms with van der Waals surface area (Å²) in [5.41, 5.74) is 10.3. The van der Waals surface area contributed by atoms with Crippen LogP contribution in [-0.4, -0.2) is 19.7 Å². The molecule has 0 saturated heterocycles. The Bertz CT molecular complexity index is 540. The van der Waals surface area contributed by atoms with Gasteiger partial charge in [0.05, 0.1) is 0 Å². The van der Waals surface area contributed by atoms with Gasteiger partial charge in [0.25, 0.3) is 0 Å². The molecule has 0 spiro atoms. The molecule has 2 aromatic rings. The average molecular weight is 259 g/mol. The highest BCUT2D eigenvalue weighted by atomic mass is 15.2. The number of aromatic nitrogens is 4. The van der Waals surface area contributed by atoms with Crippen molar-refractivity contribution < 1.29 is 0 Å². The topological polar surface area (TPSA) is 72.5 Å². The number of nitrogens with one attached hydrogen (secondary N) is 1. The first kappa shape index (κ1) is 12.4. The Labute approximate surface area is 113 Å². The average Bonchev–Trinajstić information content (AvgIpc) is 3.00. The second kappa shape index (κ2) is 5.17. The van der Waals surface area contributed by atoms with E-state index in [0.717, 1.165) is 31.6 Å². The highest BCUT2D eigenvalue weighted by Crippen LogP contribution is 2.30. The normalized spacial score (nSPS) is 18.5. The van der Waals surface area contributed by atoms with Crippen molar-refractivity contribution in [2.75, 3.05) is 0 Å². The van der Waals surface area contributed by atoms with Crippen LogP contribution in [0.25, 0.3) is 0 Å². The van der Waals surface area contributed by atoms with Crippen LogP contribution in [0.2, 0.25) is 0 Å². The Hall–Kier alpha value is -1.62. The van der Waals surface area contributed by atoms with Gasteiger partial charge in [0.2, 0.25) is 0 Å². The number of hydrogen-bond acceptors (Lipinski definition) is 3. The second-order valence-corrected chi connectivity index (χ2v) is 5.37. The van der Waals surface area contributed by atoms with Gasteiger partial charge >= 0.3 is 0 Å². The van der Waals surface area contributed by atoms with Crippen molar-refractivity contribution in [2.24, 2.45) is 5.73 Å². The molecular weight excluding hydrogens is 238 g/mol. The number of nitrogens with two attached hydrogens (primary N) is 1. The molecule has 3 N–H and O–H groups in total. The molecule has 1 unspecified atom stereocenters. The van der Waals surface area contributed by atoms with Crippen molar-refractivity contribution in [1.29, 1.82) is 0 Å². The van der Waals surface area contributed by atoms with E-state index in [1.807, 2.05) is 0 Å². The van der Waals surface area contributed by atoms with E-state index in [2.05, 4.69) is 32.7 Å². The summed E-state index contributed by atoms with van der Waals surface area (Å²) < 4.78 is 2.44. The van der Waals surface area contributed by atoms with Crippen molar-refractivity contribution >= 4 is 0 Å². The fourth-order valence-electron chi connectivity index (χ4n) is 3.07. The number of fused-ring (bicyclic) bond motifs is 1. The van der Waals surface area contributed by atoms with Crippen molar-refractivity contribution in [1.82, 2.24) is 19.7 Å². The zero-order valence-electron chi connectivity index (χ0n) is 11.4. The van der Waals surface area contributed by atoms with E-state index >= 15 is 0 Å². The van der Waals surface area contributed by atoms with Crippen LogP contribution in [0.1, 0.15) is 48.1 Å². The molecular formula is C14H21N5. The van der Waals surface area contributed by atoms with Gasteiger partial charge < -0.3 is 10.3 Å². The van der Waals surface area contributed by atoms with Crippen LogP contribution in [0.4, 0.5) is 0 Å². The smallest absolute Gasteiger partial charge is 0.137 e. The summed E-state index contributed by atoms with van der Waals surface area (Å²) in [4.78, 5) is 4.16. The van der Waals surface area contributed by atoms with E-state index < -0.39 is 0 Å². The van der Waals surface area contributed by atoms with E-state index in [1.165, 1.54) is 29.8 Å². The molecule has 1 aliphatic carbocycles. The van der Waals surface area contributed by atoms with E-state index in [0.29, 0.717) is 0 Å².